The van der Waals surface area contributed by atoms with Gasteiger partial charge in [0.2, 0.25) is 5.91 Å². The molecule has 0 heterocycles. The zero-order chi connectivity index (χ0) is 20.4. The van der Waals surface area contributed by atoms with Crippen molar-refractivity contribution in [3.05, 3.63) is 59.7 Å². The first-order chi connectivity index (χ1) is 13.5. The predicted octanol–water partition coefficient (Wildman–Crippen LogP) is 2.98. The maximum atomic E-state index is 12.2. The van der Waals surface area contributed by atoms with Crippen LogP contribution in [0.5, 0.6) is 5.75 Å². The molecule has 0 saturated carbocycles. The van der Waals surface area contributed by atoms with Gasteiger partial charge >= 0.3 is 0 Å². The summed E-state index contributed by atoms with van der Waals surface area (Å²) in [5, 5.41) is 5.44. The molecule has 2 amide bonds. The van der Waals surface area contributed by atoms with Crippen LogP contribution in [0.25, 0.3) is 0 Å². The standard InChI is InChI=1S/C22H29N3O3/c1-4-5-14-25(2)19-10-8-18(9-11-19)22(27)24-16-21(26)23-15-17-6-12-20(28-3)13-7-17/h6-13H,4-5,14-16H2,1-3H3,(H,23,26)(H,24,27). The van der Waals surface area contributed by atoms with Gasteiger partial charge < -0.3 is 20.3 Å². The van der Waals surface area contributed by atoms with Gasteiger partial charge in [-0.3, -0.25) is 9.59 Å². The summed E-state index contributed by atoms with van der Waals surface area (Å²) < 4.78 is 5.10. The normalized spacial score (nSPS) is 10.2. The molecule has 6 nitrogen and oxygen atoms in total. The topological polar surface area (TPSA) is 70.7 Å². The second kappa shape index (κ2) is 11.0. The first-order valence-corrected chi connectivity index (χ1v) is 9.52. The van der Waals surface area contributed by atoms with Gasteiger partial charge in [-0.15, -0.1) is 0 Å². The molecule has 0 bridgehead atoms. The van der Waals surface area contributed by atoms with Crippen LogP contribution in [-0.2, 0) is 11.3 Å². The van der Waals surface area contributed by atoms with Crippen molar-refractivity contribution in [1.29, 1.82) is 0 Å². The molecule has 28 heavy (non-hydrogen) atoms. The Morgan fingerprint density at radius 1 is 1.00 bits per heavy atom. The number of methoxy groups -OCH3 is 1. The van der Waals surface area contributed by atoms with Gasteiger partial charge in [0.05, 0.1) is 13.7 Å². The monoisotopic (exact) mass is 383 g/mol. The summed E-state index contributed by atoms with van der Waals surface area (Å²) in [6.45, 7) is 3.48. The number of rotatable bonds is 10. The Hall–Kier alpha value is -3.02. The summed E-state index contributed by atoms with van der Waals surface area (Å²) in [7, 11) is 3.65. The van der Waals surface area contributed by atoms with E-state index in [0.717, 1.165) is 36.4 Å². The van der Waals surface area contributed by atoms with Crippen molar-refractivity contribution in [3.8, 4) is 5.75 Å². The third-order valence-electron chi connectivity index (χ3n) is 4.48. The molecule has 2 aromatic carbocycles. The van der Waals surface area contributed by atoms with Crippen LogP contribution >= 0.6 is 0 Å². The summed E-state index contributed by atoms with van der Waals surface area (Å²) in [6, 6.07) is 14.9. The smallest absolute Gasteiger partial charge is 0.251 e. The van der Waals surface area contributed by atoms with E-state index in [9.17, 15) is 9.59 Å². The number of nitrogens with zero attached hydrogens (tertiary/aromatic N) is 1. The number of anilines is 1. The second-order valence-corrected chi connectivity index (χ2v) is 6.63. The number of ether oxygens (including phenoxy) is 1. The van der Waals surface area contributed by atoms with E-state index in [0.29, 0.717) is 12.1 Å². The molecule has 0 unspecified atom stereocenters. The van der Waals surface area contributed by atoms with Crippen LogP contribution in [0.3, 0.4) is 0 Å². The molecular weight excluding hydrogens is 354 g/mol. The molecule has 0 aliphatic heterocycles. The Morgan fingerprint density at radius 2 is 1.68 bits per heavy atom. The summed E-state index contributed by atoms with van der Waals surface area (Å²) in [4.78, 5) is 26.4. The number of amides is 2. The lowest BCUT2D eigenvalue weighted by Gasteiger charge is -2.19. The number of hydrogen-bond acceptors (Lipinski definition) is 4. The van der Waals surface area contributed by atoms with E-state index in [2.05, 4.69) is 22.5 Å². The molecule has 2 aromatic rings. The van der Waals surface area contributed by atoms with Crippen LogP contribution in [0.1, 0.15) is 35.7 Å². The zero-order valence-electron chi connectivity index (χ0n) is 16.8. The van der Waals surface area contributed by atoms with E-state index in [4.69, 9.17) is 4.74 Å². The van der Waals surface area contributed by atoms with Gasteiger partial charge in [-0.1, -0.05) is 25.5 Å². The van der Waals surface area contributed by atoms with E-state index in [-0.39, 0.29) is 18.4 Å². The first kappa shape index (κ1) is 21.3. The SMILES string of the molecule is CCCCN(C)c1ccc(C(=O)NCC(=O)NCc2ccc(OC)cc2)cc1. The number of carbonyl (C=O) groups is 2. The molecule has 0 aliphatic rings. The fourth-order valence-electron chi connectivity index (χ4n) is 2.66. The van der Waals surface area contributed by atoms with Crippen LogP contribution < -0.4 is 20.3 Å². The molecule has 0 radical (unpaired) electrons. The fourth-order valence-corrected chi connectivity index (χ4v) is 2.66. The molecule has 2 N–H and O–H groups in total. The highest BCUT2D eigenvalue weighted by Gasteiger charge is 2.09. The molecule has 0 saturated heterocycles. The largest absolute Gasteiger partial charge is 0.497 e. The first-order valence-electron chi connectivity index (χ1n) is 9.52. The number of carbonyl (C=O) groups excluding carboxylic acids is 2. The summed E-state index contributed by atoms with van der Waals surface area (Å²) in [6.07, 6.45) is 2.27. The van der Waals surface area contributed by atoms with Crippen molar-refractivity contribution in [2.24, 2.45) is 0 Å². The highest BCUT2D eigenvalue weighted by atomic mass is 16.5. The molecule has 0 aliphatic carbocycles. The van der Waals surface area contributed by atoms with E-state index in [1.807, 2.05) is 43.4 Å². The van der Waals surface area contributed by atoms with Crippen molar-refractivity contribution in [2.75, 3.05) is 32.1 Å². The van der Waals surface area contributed by atoms with E-state index in [1.54, 1.807) is 19.2 Å². The summed E-state index contributed by atoms with van der Waals surface area (Å²) in [5.41, 5.74) is 2.57. The minimum atomic E-state index is -0.262. The predicted molar refractivity (Wildman–Crippen MR) is 112 cm³/mol. The van der Waals surface area contributed by atoms with Crippen molar-refractivity contribution in [3.63, 3.8) is 0 Å². The minimum Gasteiger partial charge on any atom is -0.497 e. The fraction of sp³-hybridized carbons (Fsp3) is 0.364. The lowest BCUT2D eigenvalue weighted by molar-refractivity contribution is -0.120. The molecular formula is C22H29N3O3. The highest BCUT2D eigenvalue weighted by Crippen LogP contribution is 2.14. The van der Waals surface area contributed by atoms with Gasteiger partial charge in [0.25, 0.3) is 5.91 Å². The van der Waals surface area contributed by atoms with E-state index < -0.39 is 0 Å². The van der Waals surface area contributed by atoms with Crippen molar-refractivity contribution in [2.45, 2.75) is 26.3 Å². The number of nitrogens with one attached hydrogen (secondary N) is 2. The number of unbranched alkanes of at least 4 members (excludes halogenated alkanes) is 1. The van der Waals surface area contributed by atoms with Gasteiger partial charge in [-0.25, -0.2) is 0 Å². The molecule has 0 aromatic heterocycles. The van der Waals surface area contributed by atoms with Crippen molar-refractivity contribution < 1.29 is 14.3 Å². The van der Waals surface area contributed by atoms with Gasteiger partial charge in [0.1, 0.15) is 5.75 Å². The van der Waals surface area contributed by atoms with E-state index in [1.165, 1.54) is 0 Å². The van der Waals surface area contributed by atoms with Crippen LogP contribution in [-0.4, -0.2) is 39.1 Å². The van der Waals surface area contributed by atoms with Crippen LogP contribution in [0.4, 0.5) is 5.69 Å². The van der Waals surface area contributed by atoms with Gasteiger partial charge in [-0.2, -0.15) is 0 Å². The molecule has 0 atom stereocenters. The lowest BCUT2D eigenvalue weighted by Crippen LogP contribution is -2.36. The number of benzene rings is 2. The van der Waals surface area contributed by atoms with Gasteiger partial charge in [0, 0.05) is 31.4 Å². The minimum absolute atomic E-state index is 0.0624. The Kier molecular flexibility index (Phi) is 8.34. The van der Waals surface area contributed by atoms with Gasteiger partial charge in [-0.05, 0) is 48.4 Å². The highest BCUT2D eigenvalue weighted by molar-refractivity contribution is 5.96. The quantitative estimate of drug-likeness (QED) is 0.662. The number of hydrogen-bond donors (Lipinski definition) is 2. The Labute approximate surface area is 166 Å². The zero-order valence-corrected chi connectivity index (χ0v) is 16.8. The Bertz CT molecular complexity index is 758. The molecule has 150 valence electrons. The molecule has 0 spiro atoms. The van der Waals surface area contributed by atoms with Gasteiger partial charge in [0.15, 0.2) is 0 Å². The maximum absolute atomic E-state index is 12.2. The molecule has 0 fully saturated rings. The Balaban J connectivity index is 1.76. The van der Waals surface area contributed by atoms with Crippen LogP contribution in [0, 0.1) is 0 Å². The summed E-state index contributed by atoms with van der Waals surface area (Å²) >= 11 is 0. The molecule has 6 heteroatoms. The van der Waals surface area contributed by atoms with Crippen LogP contribution in [0.15, 0.2) is 48.5 Å². The third kappa shape index (κ3) is 6.61. The lowest BCUT2D eigenvalue weighted by atomic mass is 10.1. The van der Waals surface area contributed by atoms with Crippen molar-refractivity contribution >= 4 is 17.5 Å². The maximum Gasteiger partial charge on any atom is 0.251 e. The summed E-state index contributed by atoms with van der Waals surface area (Å²) in [5.74, 6) is 0.271. The second-order valence-electron chi connectivity index (χ2n) is 6.63. The van der Waals surface area contributed by atoms with Crippen LogP contribution in [0.2, 0.25) is 0 Å². The average molecular weight is 383 g/mol. The average Bonchev–Trinajstić information content (AvgIpc) is 2.74. The van der Waals surface area contributed by atoms with E-state index >= 15 is 0 Å². The van der Waals surface area contributed by atoms with Crippen molar-refractivity contribution in [1.82, 2.24) is 10.6 Å². The molecule has 2 rings (SSSR count). The third-order valence-corrected chi connectivity index (χ3v) is 4.48. The Morgan fingerprint density at radius 3 is 2.29 bits per heavy atom.